The van der Waals surface area contributed by atoms with Gasteiger partial charge >= 0.3 is 6.03 Å². The number of nitrogens with zero attached hydrogens (tertiary/aromatic N) is 1. The first kappa shape index (κ1) is 15.3. The second-order valence-electron chi connectivity index (χ2n) is 5.34. The summed E-state index contributed by atoms with van der Waals surface area (Å²) < 4.78 is 0. The molecule has 18 heavy (non-hydrogen) atoms. The number of rotatable bonds is 6. The Morgan fingerprint density at radius 1 is 1.22 bits per heavy atom. The number of amides is 2. The Labute approximate surface area is 111 Å². The fraction of sp³-hybridized carbons (Fsp3) is 0.929. The van der Waals surface area contributed by atoms with Gasteiger partial charge in [-0.05, 0) is 32.9 Å². The maximum Gasteiger partial charge on any atom is 0.315 e. The van der Waals surface area contributed by atoms with Crippen molar-refractivity contribution >= 4 is 6.03 Å². The molecule has 2 N–H and O–H groups in total. The van der Waals surface area contributed by atoms with E-state index < -0.39 is 0 Å². The fourth-order valence-corrected chi connectivity index (χ4v) is 2.61. The molecule has 1 fully saturated rings. The lowest BCUT2D eigenvalue weighted by Gasteiger charge is -2.26. The molecule has 4 nitrogen and oxygen atoms in total. The third-order valence-corrected chi connectivity index (χ3v) is 3.74. The monoisotopic (exact) mass is 255 g/mol. The molecule has 0 aromatic heterocycles. The van der Waals surface area contributed by atoms with Gasteiger partial charge in [0.1, 0.15) is 0 Å². The quantitative estimate of drug-likeness (QED) is 0.765. The molecule has 0 bridgehead atoms. The lowest BCUT2D eigenvalue weighted by atomic mass is 9.96. The molecule has 0 aliphatic heterocycles. The summed E-state index contributed by atoms with van der Waals surface area (Å²) in [4.78, 5) is 14.2. The molecule has 106 valence electrons. The lowest BCUT2D eigenvalue weighted by molar-refractivity contribution is 0.221. The van der Waals surface area contributed by atoms with Crippen molar-refractivity contribution in [3.8, 4) is 0 Å². The number of carbonyl (C=O) groups excluding carboxylic acids is 1. The first-order valence-electron chi connectivity index (χ1n) is 7.45. The smallest absolute Gasteiger partial charge is 0.315 e. The third kappa shape index (κ3) is 5.71. The van der Waals surface area contributed by atoms with Crippen LogP contribution in [0, 0.1) is 0 Å². The molecule has 1 rings (SSSR count). The first-order chi connectivity index (χ1) is 8.65. The van der Waals surface area contributed by atoms with E-state index in [1.165, 1.54) is 19.3 Å². The topological polar surface area (TPSA) is 44.4 Å². The molecule has 1 atom stereocenters. The Balaban J connectivity index is 2.21. The van der Waals surface area contributed by atoms with Gasteiger partial charge in [0.2, 0.25) is 0 Å². The number of carbonyl (C=O) groups is 1. The first-order valence-corrected chi connectivity index (χ1v) is 7.45. The van der Waals surface area contributed by atoms with Crippen molar-refractivity contribution in [1.82, 2.24) is 15.5 Å². The largest absolute Gasteiger partial charge is 0.335 e. The van der Waals surface area contributed by atoms with Crippen LogP contribution < -0.4 is 10.6 Å². The van der Waals surface area contributed by atoms with Crippen molar-refractivity contribution in [3.63, 3.8) is 0 Å². The van der Waals surface area contributed by atoms with E-state index in [0.717, 1.165) is 32.5 Å². The standard InChI is InChI=1S/C14H29N3O/c1-4-17(5-2)11-12(3)15-14(18)16-13-9-7-6-8-10-13/h12-13H,4-11H2,1-3H3,(H2,15,16,18). The minimum Gasteiger partial charge on any atom is -0.335 e. The molecule has 0 aromatic rings. The summed E-state index contributed by atoms with van der Waals surface area (Å²) >= 11 is 0. The van der Waals surface area contributed by atoms with Crippen molar-refractivity contribution in [2.24, 2.45) is 0 Å². The van der Waals surface area contributed by atoms with Crippen molar-refractivity contribution in [3.05, 3.63) is 0 Å². The van der Waals surface area contributed by atoms with Crippen molar-refractivity contribution in [1.29, 1.82) is 0 Å². The average molecular weight is 255 g/mol. The van der Waals surface area contributed by atoms with E-state index in [2.05, 4.69) is 36.3 Å². The molecule has 1 aliphatic rings. The number of hydrogen-bond donors (Lipinski definition) is 2. The third-order valence-electron chi connectivity index (χ3n) is 3.74. The van der Waals surface area contributed by atoms with E-state index in [1.807, 2.05) is 0 Å². The zero-order valence-electron chi connectivity index (χ0n) is 12.2. The van der Waals surface area contributed by atoms with Crippen LogP contribution in [0.2, 0.25) is 0 Å². The summed E-state index contributed by atoms with van der Waals surface area (Å²) in [6.45, 7) is 9.36. The van der Waals surface area contributed by atoms with Crippen molar-refractivity contribution < 1.29 is 4.79 Å². The van der Waals surface area contributed by atoms with E-state index in [9.17, 15) is 4.79 Å². The molecule has 4 heteroatoms. The molecule has 0 heterocycles. The van der Waals surface area contributed by atoms with Gasteiger partial charge in [-0.2, -0.15) is 0 Å². The Morgan fingerprint density at radius 2 is 1.83 bits per heavy atom. The SMILES string of the molecule is CCN(CC)CC(C)NC(=O)NC1CCCCC1. The minimum atomic E-state index is 0.00144. The molecule has 1 saturated carbocycles. The number of urea groups is 1. The predicted molar refractivity (Wildman–Crippen MR) is 75.8 cm³/mol. The van der Waals surface area contributed by atoms with Crippen molar-refractivity contribution in [2.75, 3.05) is 19.6 Å². The van der Waals surface area contributed by atoms with Gasteiger partial charge in [0, 0.05) is 18.6 Å². The highest BCUT2D eigenvalue weighted by Crippen LogP contribution is 2.17. The van der Waals surface area contributed by atoms with Gasteiger partial charge in [-0.25, -0.2) is 4.79 Å². The Morgan fingerprint density at radius 3 is 2.39 bits per heavy atom. The Kier molecular flexibility index (Phi) is 7.09. The van der Waals surface area contributed by atoms with Crippen LogP contribution in [0.15, 0.2) is 0 Å². The fourth-order valence-electron chi connectivity index (χ4n) is 2.61. The summed E-state index contributed by atoms with van der Waals surface area (Å²) in [6.07, 6.45) is 6.09. The molecule has 1 unspecified atom stereocenters. The van der Waals surface area contributed by atoms with Gasteiger partial charge in [-0.3, -0.25) is 0 Å². The van der Waals surface area contributed by atoms with Crippen LogP contribution in [0.5, 0.6) is 0 Å². The Hall–Kier alpha value is -0.770. The summed E-state index contributed by atoms with van der Waals surface area (Å²) in [5, 5.41) is 6.13. The lowest BCUT2D eigenvalue weighted by Crippen LogP contribution is -2.49. The number of nitrogens with one attached hydrogen (secondary N) is 2. The maximum atomic E-state index is 11.8. The van der Waals surface area contributed by atoms with Crippen LogP contribution in [-0.4, -0.2) is 42.6 Å². The van der Waals surface area contributed by atoms with E-state index >= 15 is 0 Å². The highest BCUT2D eigenvalue weighted by molar-refractivity contribution is 5.74. The van der Waals surface area contributed by atoms with Crippen LogP contribution in [0.1, 0.15) is 52.9 Å². The minimum absolute atomic E-state index is 0.00144. The zero-order valence-corrected chi connectivity index (χ0v) is 12.2. The van der Waals surface area contributed by atoms with Crippen LogP contribution in [0.4, 0.5) is 4.79 Å². The zero-order chi connectivity index (χ0) is 13.4. The highest BCUT2D eigenvalue weighted by Gasteiger charge is 2.17. The molecule has 0 spiro atoms. The van der Waals surface area contributed by atoms with Gasteiger partial charge < -0.3 is 15.5 Å². The normalized spacial score (nSPS) is 18.7. The molecule has 2 amide bonds. The van der Waals surface area contributed by atoms with E-state index in [1.54, 1.807) is 0 Å². The van der Waals surface area contributed by atoms with Crippen LogP contribution in [0.3, 0.4) is 0 Å². The van der Waals surface area contributed by atoms with Crippen LogP contribution in [0.25, 0.3) is 0 Å². The van der Waals surface area contributed by atoms with Gasteiger partial charge in [0.15, 0.2) is 0 Å². The van der Waals surface area contributed by atoms with Gasteiger partial charge in [-0.15, -0.1) is 0 Å². The molecular weight excluding hydrogens is 226 g/mol. The summed E-state index contributed by atoms with van der Waals surface area (Å²) in [5.41, 5.74) is 0. The van der Waals surface area contributed by atoms with E-state index in [4.69, 9.17) is 0 Å². The van der Waals surface area contributed by atoms with Gasteiger partial charge in [0.05, 0.1) is 0 Å². The number of hydrogen-bond acceptors (Lipinski definition) is 2. The van der Waals surface area contributed by atoms with E-state index in [0.29, 0.717) is 6.04 Å². The number of likely N-dealkylation sites (N-methyl/N-ethyl adjacent to an activating group) is 1. The molecule has 0 radical (unpaired) electrons. The van der Waals surface area contributed by atoms with Gasteiger partial charge in [-0.1, -0.05) is 33.1 Å². The molecule has 0 aromatic carbocycles. The summed E-state index contributed by atoms with van der Waals surface area (Å²) in [5.74, 6) is 0. The predicted octanol–water partition coefficient (Wildman–Crippen LogP) is 2.35. The average Bonchev–Trinajstić information content (AvgIpc) is 2.36. The summed E-state index contributed by atoms with van der Waals surface area (Å²) in [7, 11) is 0. The van der Waals surface area contributed by atoms with Gasteiger partial charge in [0.25, 0.3) is 0 Å². The second kappa shape index (κ2) is 8.35. The molecule has 0 saturated heterocycles. The Bertz CT molecular complexity index is 235. The highest BCUT2D eigenvalue weighted by atomic mass is 16.2. The second-order valence-corrected chi connectivity index (χ2v) is 5.34. The van der Waals surface area contributed by atoms with E-state index in [-0.39, 0.29) is 12.1 Å². The van der Waals surface area contributed by atoms with Crippen molar-refractivity contribution in [2.45, 2.75) is 65.0 Å². The molecular formula is C14H29N3O. The van der Waals surface area contributed by atoms with Crippen LogP contribution >= 0.6 is 0 Å². The maximum absolute atomic E-state index is 11.8. The summed E-state index contributed by atoms with van der Waals surface area (Å²) in [6, 6.07) is 0.592. The molecule has 1 aliphatic carbocycles. The van der Waals surface area contributed by atoms with Crippen LogP contribution in [-0.2, 0) is 0 Å².